The highest BCUT2D eigenvalue weighted by Crippen LogP contribution is 2.31. The topological polar surface area (TPSA) is 69.9 Å². The van der Waals surface area contributed by atoms with Crippen LogP contribution >= 0.6 is 11.3 Å². The van der Waals surface area contributed by atoms with Crippen LogP contribution in [0.25, 0.3) is 21.0 Å². The zero-order valence-electron chi connectivity index (χ0n) is 16.7. The Kier molecular flexibility index (Phi) is 5.16. The standard InChI is InChI=1S/C22H24N4O3S/c27-21(24-12-14-26(15-13-24)22(28)25-10-4-1-5-11-25)18-9-8-17(29-18)20-23-16-6-2-3-7-19(16)30-20/h2-3,6-9H,1,4-5,10-15H2. The molecular formula is C22H24N4O3S. The fourth-order valence-electron chi connectivity index (χ4n) is 4.09. The summed E-state index contributed by atoms with van der Waals surface area (Å²) in [4.78, 5) is 35.7. The van der Waals surface area contributed by atoms with Crippen LogP contribution in [-0.4, -0.2) is 70.9 Å². The van der Waals surface area contributed by atoms with Crippen molar-refractivity contribution in [2.75, 3.05) is 39.3 Å². The number of hydrogen-bond acceptors (Lipinski definition) is 5. The van der Waals surface area contributed by atoms with E-state index >= 15 is 0 Å². The number of hydrogen-bond donors (Lipinski definition) is 0. The van der Waals surface area contributed by atoms with Crippen LogP contribution in [-0.2, 0) is 0 Å². The molecule has 2 saturated heterocycles. The molecule has 0 unspecified atom stereocenters. The van der Waals surface area contributed by atoms with Gasteiger partial charge >= 0.3 is 6.03 Å². The van der Waals surface area contributed by atoms with Gasteiger partial charge in [0.25, 0.3) is 5.91 Å². The molecule has 0 bridgehead atoms. The van der Waals surface area contributed by atoms with E-state index < -0.39 is 0 Å². The van der Waals surface area contributed by atoms with Gasteiger partial charge in [0.2, 0.25) is 0 Å². The Bertz CT molecular complexity index is 1030. The SMILES string of the molecule is O=C(c1ccc(-c2nc3ccccc3s2)o1)N1CCN(C(=O)N2CCCCC2)CC1. The number of piperidine rings is 1. The number of para-hydroxylation sites is 1. The minimum Gasteiger partial charge on any atom is -0.448 e. The fraction of sp³-hybridized carbons (Fsp3) is 0.409. The molecule has 0 N–H and O–H groups in total. The first-order valence-corrected chi connectivity index (χ1v) is 11.3. The van der Waals surface area contributed by atoms with E-state index in [1.54, 1.807) is 28.4 Å². The number of carbonyl (C=O) groups excluding carboxylic acids is 2. The lowest BCUT2D eigenvalue weighted by atomic mass is 10.1. The lowest BCUT2D eigenvalue weighted by Gasteiger charge is -2.38. The van der Waals surface area contributed by atoms with Gasteiger partial charge in [-0.15, -0.1) is 11.3 Å². The first kappa shape index (κ1) is 19.1. The highest BCUT2D eigenvalue weighted by molar-refractivity contribution is 7.21. The molecule has 4 heterocycles. The fourth-order valence-corrected chi connectivity index (χ4v) is 5.01. The van der Waals surface area contributed by atoms with Gasteiger partial charge in [-0.3, -0.25) is 4.79 Å². The zero-order valence-corrected chi connectivity index (χ0v) is 17.6. The van der Waals surface area contributed by atoms with Gasteiger partial charge in [0, 0.05) is 39.3 Å². The molecule has 0 atom stereocenters. The number of amides is 3. The molecule has 30 heavy (non-hydrogen) atoms. The minimum atomic E-state index is -0.132. The number of benzene rings is 1. The van der Waals surface area contributed by atoms with E-state index in [9.17, 15) is 9.59 Å². The molecule has 2 fully saturated rings. The second kappa shape index (κ2) is 8.10. The molecule has 2 aliphatic heterocycles. The van der Waals surface area contributed by atoms with Gasteiger partial charge in [0.05, 0.1) is 10.2 Å². The number of furan rings is 1. The maximum absolute atomic E-state index is 12.9. The van der Waals surface area contributed by atoms with Crippen LogP contribution in [0.2, 0.25) is 0 Å². The number of carbonyl (C=O) groups is 2. The molecule has 0 spiro atoms. The van der Waals surface area contributed by atoms with Crippen molar-refractivity contribution in [1.29, 1.82) is 0 Å². The lowest BCUT2D eigenvalue weighted by molar-refractivity contribution is 0.0605. The molecule has 156 valence electrons. The zero-order chi connectivity index (χ0) is 20.5. The number of thiazole rings is 1. The smallest absolute Gasteiger partial charge is 0.320 e. The molecule has 8 heteroatoms. The van der Waals surface area contributed by atoms with Crippen LogP contribution in [0.3, 0.4) is 0 Å². The van der Waals surface area contributed by atoms with Gasteiger partial charge in [0.15, 0.2) is 16.5 Å². The van der Waals surface area contributed by atoms with Crippen molar-refractivity contribution in [3.63, 3.8) is 0 Å². The van der Waals surface area contributed by atoms with E-state index in [-0.39, 0.29) is 11.9 Å². The molecule has 0 radical (unpaired) electrons. The van der Waals surface area contributed by atoms with E-state index in [4.69, 9.17) is 4.42 Å². The monoisotopic (exact) mass is 424 g/mol. The highest BCUT2D eigenvalue weighted by Gasteiger charge is 2.29. The summed E-state index contributed by atoms with van der Waals surface area (Å²) in [5.41, 5.74) is 0.927. The number of rotatable bonds is 2. The second-order valence-electron chi connectivity index (χ2n) is 7.76. The van der Waals surface area contributed by atoms with Crippen LogP contribution in [0.15, 0.2) is 40.8 Å². The average molecular weight is 425 g/mol. The molecule has 2 aliphatic rings. The summed E-state index contributed by atoms with van der Waals surface area (Å²) in [7, 11) is 0. The van der Waals surface area contributed by atoms with Gasteiger partial charge in [-0.25, -0.2) is 9.78 Å². The maximum Gasteiger partial charge on any atom is 0.320 e. The summed E-state index contributed by atoms with van der Waals surface area (Å²) >= 11 is 1.55. The van der Waals surface area contributed by atoms with Crippen LogP contribution in [0.1, 0.15) is 29.8 Å². The summed E-state index contributed by atoms with van der Waals surface area (Å²) in [5.74, 6) is 0.797. The van der Waals surface area contributed by atoms with E-state index in [2.05, 4.69) is 4.98 Å². The molecule has 0 saturated carbocycles. The first-order chi connectivity index (χ1) is 14.7. The lowest BCUT2D eigenvalue weighted by Crippen LogP contribution is -2.54. The Morgan fingerprint density at radius 1 is 0.833 bits per heavy atom. The molecule has 3 aromatic rings. The van der Waals surface area contributed by atoms with Gasteiger partial charge < -0.3 is 19.1 Å². The molecule has 5 rings (SSSR count). The van der Waals surface area contributed by atoms with Gasteiger partial charge in [-0.05, 0) is 43.5 Å². The van der Waals surface area contributed by atoms with Gasteiger partial charge in [-0.1, -0.05) is 12.1 Å². The quantitative estimate of drug-likeness (QED) is 0.625. The predicted octanol–water partition coefficient (Wildman–Crippen LogP) is 3.92. The van der Waals surface area contributed by atoms with Crippen LogP contribution in [0, 0.1) is 0 Å². The van der Waals surface area contributed by atoms with Crippen molar-refractivity contribution >= 4 is 33.5 Å². The Morgan fingerprint density at radius 3 is 2.30 bits per heavy atom. The molecule has 3 amide bonds. The summed E-state index contributed by atoms with van der Waals surface area (Å²) < 4.78 is 6.94. The third-order valence-corrected chi connectivity index (χ3v) is 6.84. The van der Waals surface area contributed by atoms with Crippen LogP contribution in [0.5, 0.6) is 0 Å². The Hall–Kier alpha value is -2.87. The molecule has 7 nitrogen and oxygen atoms in total. The first-order valence-electron chi connectivity index (χ1n) is 10.5. The van der Waals surface area contributed by atoms with Crippen molar-refractivity contribution in [3.05, 3.63) is 42.2 Å². The Labute approximate surface area is 178 Å². The predicted molar refractivity (Wildman–Crippen MR) is 116 cm³/mol. The molecule has 2 aromatic heterocycles. The summed E-state index contributed by atoms with van der Waals surface area (Å²) in [5, 5.41) is 0.771. The van der Waals surface area contributed by atoms with Gasteiger partial charge in [0.1, 0.15) is 0 Å². The van der Waals surface area contributed by atoms with Crippen molar-refractivity contribution in [1.82, 2.24) is 19.7 Å². The Balaban J connectivity index is 1.22. The second-order valence-corrected chi connectivity index (χ2v) is 8.79. The number of aromatic nitrogens is 1. The third-order valence-electron chi connectivity index (χ3n) is 5.79. The van der Waals surface area contributed by atoms with Crippen molar-refractivity contribution < 1.29 is 14.0 Å². The van der Waals surface area contributed by atoms with E-state index in [1.807, 2.05) is 34.1 Å². The maximum atomic E-state index is 12.9. The van der Waals surface area contributed by atoms with Crippen LogP contribution in [0.4, 0.5) is 4.79 Å². The molecule has 0 aliphatic carbocycles. The highest BCUT2D eigenvalue weighted by atomic mass is 32.1. The summed E-state index contributed by atoms with van der Waals surface area (Å²) in [6, 6.07) is 11.6. The van der Waals surface area contributed by atoms with E-state index in [1.165, 1.54) is 6.42 Å². The molecule has 1 aromatic carbocycles. The average Bonchev–Trinajstić information content (AvgIpc) is 3.46. The Morgan fingerprint density at radius 2 is 1.53 bits per heavy atom. The summed E-state index contributed by atoms with van der Waals surface area (Å²) in [6.45, 7) is 3.86. The minimum absolute atomic E-state index is 0.109. The van der Waals surface area contributed by atoms with Crippen molar-refractivity contribution in [2.24, 2.45) is 0 Å². The van der Waals surface area contributed by atoms with Crippen LogP contribution < -0.4 is 0 Å². The largest absolute Gasteiger partial charge is 0.448 e. The normalized spacial score (nSPS) is 17.5. The van der Waals surface area contributed by atoms with E-state index in [0.29, 0.717) is 37.7 Å². The molecular weight excluding hydrogens is 400 g/mol. The third kappa shape index (κ3) is 3.67. The number of likely N-dealkylation sites (tertiary alicyclic amines) is 1. The van der Waals surface area contributed by atoms with Crippen molar-refractivity contribution in [3.8, 4) is 10.8 Å². The number of urea groups is 1. The summed E-state index contributed by atoms with van der Waals surface area (Å²) in [6.07, 6.45) is 3.37. The number of fused-ring (bicyclic) bond motifs is 1. The van der Waals surface area contributed by atoms with E-state index in [0.717, 1.165) is 41.2 Å². The van der Waals surface area contributed by atoms with Crippen molar-refractivity contribution in [2.45, 2.75) is 19.3 Å². The number of piperazine rings is 1. The van der Waals surface area contributed by atoms with Gasteiger partial charge in [-0.2, -0.15) is 0 Å². The number of nitrogens with zero attached hydrogens (tertiary/aromatic N) is 4.